The van der Waals surface area contributed by atoms with Crippen LogP contribution in [0.15, 0.2) is 73.1 Å². The quantitative estimate of drug-likeness (QED) is 0.330. The van der Waals surface area contributed by atoms with Crippen LogP contribution in [0.3, 0.4) is 0 Å². The Morgan fingerprint density at radius 2 is 1.91 bits per heavy atom. The number of ketones is 1. The van der Waals surface area contributed by atoms with Crippen molar-refractivity contribution in [2.75, 3.05) is 13.1 Å². The summed E-state index contributed by atoms with van der Waals surface area (Å²) in [7, 11) is 0. The fourth-order valence-corrected chi connectivity index (χ4v) is 4.92. The molecular weight excluding hydrogens is 442 g/mol. The van der Waals surface area contributed by atoms with Crippen molar-refractivity contribution in [3.8, 4) is 16.9 Å². The Morgan fingerprint density at radius 3 is 2.69 bits per heavy atom. The Bertz CT molecular complexity index is 1260. The number of hydroxylamine groups is 1. The predicted molar refractivity (Wildman–Crippen MR) is 132 cm³/mol. The monoisotopic (exact) mass is 469 g/mol. The van der Waals surface area contributed by atoms with Crippen molar-refractivity contribution in [2.45, 2.75) is 31.4 Å². The molecule has 2 N–H and O–H groups in total. The summed E-state index contributed by atoms with van der Waals surface area (Å²) in [6.45, 7) is 2.47. The number of Topliss-reactive ketones (excluding diaryl/α,β-unsaturated/α-hetero) is 1. The molecule has 1 spiro atoms. The molecule has 7 heteroatoms. The Hall–Kier alpha value is -3.81. The summed E-state index contributed by atoms with van der Waals surface area (Å²) >= 11 is 0. The first kappa shape index (κ1) is 23.0. The second-order valence-corrected chi connectivity index (χ2v) is 9.13. The van der Waals surface area contributed by atoms with E-state index < -0.39 is 11.5 Å². The zero-order chi connectivity index (χ0) is 24.3. The predicted octanol–water partition coefficient (Wildman–Crippen LogP) is 4.27. The highest BCUT2D eigenvalue weighted by atomic mass is 16.5. The highest BCUT2D eigenvalue weighted by molar-refractivity contribution is 6.01. The lowest BCUT2D eigenvalue weighted by atomic mass is 9.82. The van der Waals surface area contributed by atoms with Gasteiger partial charge in [0.2, 0.25) is 0 Å². The number of carbonyl (C=O) groups excluding carboxylic acids is 2. The van der Waals surface area contributed by atoms with Gasteiger partial charge in [-0.15, -0.1) is 0 Å². The summed E-state index contributed by atoms with van der Waals surface area (Å²) in [5.41, 5.74) is 5.87. The molecule has 1 aromatic heterocycles. The maximum atomic E-state index is 13.0. The van der Waals surface area contributed by atoms with Gasteiger partial charge in [-0.2, -0.15) is 0 Å². The van der Waals surface area contributed by atoms with Crippen molar-refractivity contribution in [2.24, 2.45) is 0 Å². The largest absolute Gasteiger partial charge is 0.486 e. The van der Waals surface area contributed by atoms with E-state index in [2.05, 4.69) is 28.1 Å². The first-order chi connectivity index (χ1) is 17.0. The van der Waals surface area contributed by atoms with Gasteiger partial charge in [0.05, 0.1) is 12.0 Å². The van der Waals surface area contributed by atoms with Crippen molar-refractivity contribution in [3.63, 3.8) is 0 Å². The number of pyridine rings is 1. The number of benzene rings is 2. The van der Waals surface area contributed by atoms with E-state index in [-0.39, 0.29) is 5.78 Å². The van der Waals surface area contributed by atoms with Crippen LogP contribution < -0.4 is 10.2 Å². The molecule has 0 aliphatic carbocycles. The molecule has 35 heavy (non-hydrogen) atoms. The molecule has 3 heterocycles. The molecule has 0 unspecified atom stereocenters. The topological polar surface area (TPSA) is 91.8 Å². The Morgan fingerprint density at radius 1 is 1.11 bits per heavy atom. The minimum absolute atomic E-state index is 0.0557. The number of ether oxygens (including phenoxy) is 1. The highest BCUT2D eigenvalue weighted by Gasteiger charge is 2.43. The summed E-state index contributed by atoms with van der Waals surface area (Å²) in [5.74, 6) is 0.0236. The van der Waals surface area contributed by atoms with E-state index in [0.29, 0.717) is 23.3 Å². The Balaban J connectivity index is 1.26. The van der Waals surface area contributed by atoms with E-state index in [1.165, 1.54) is 22.8 Å². The van der Waals surface area contributed by atoms with Gasteiger partial charge in [-0.3, -0.25) is 24.7 Å². The zero-order valence-electron chi connectivity index (χ0n) is 19.3. The minimum atomic E-state index is -0.627. The molecule has 3 aromatic rings. The summed E-state index contributed by atoms with van der Waals surface area (Å²) in [5, 5.41) is 8.62. The van der Waals surface area contributed by atoms with E-state index >= 15 is 0 Å². The van der Waals surface area contributed by atoms with Gasteiger partial charge in [0.15, 0.2) is 5.78 Å². The highest BCUT2D eigenvalue weighted by Crippen LogP contribution is 2.40. The van der Waals surface area contributed by atoms with Crippen LogP contribution in [0, 0.1) is 0 Å². The van der Waals surface area contributed by atoms with E-state index in [1.54, 1.807) is 29.8 Å². The first-order valence-corrected chi connectivity index (χ1v) is 11.7. The Labute approximate surface area is 204 Å². The van der Waals surface area contributed by atoms with Gasteiger partial charge in [0.25, 0.3) is 5.91 Å². The van der Waals surface area contributed by atoms with Crippen molar-refractivity contribution < 1.29 is 19.5 Å². The molecule has 1 saturated heterocycles. The van der Waals surface area contributed by atoms with Crippen molar-refractivity contribution in [1.82, 2.24) is 15.4 Å². The number of aromatic nitrogens is 1. The van der Waals surface area contributed by atoms with Crippen LogP contribution in [0.25, 0.3) is 17.2 Å². The minimum Gasteiger partial charge on any atom is -0.486 e. The van der Waals surface area contributed by atoms with Crippen LogP contribution in [0.5, 0.6) is 5.75 Å². The van der Waals surface area contributed by atoms with Gasteiger partial charge < -0.3 is 4.74 Å². The van der Waals surface area contributed by atoms with Gasteiger partial charge in [-0.05, 0) is 46.5 Å². The van der Waals surface area contributed by atoms with Crippen LogP contribution in [0.1, 0.15) is 40.7 Å². The molecule has 0 saturated carbocycles. The van der Waals surface area contributed by atoms with Gasteiger partial charge >= 0.3 is 0 Å². The average molecular weight is 470 g/mol. The van der Waals surface area contributed by atoms with E-state index in [9.17, 15) is 9.59 Å². The van der Waals surface area contributed by atoms with Gasteiger partial charge in [-0.25, -0.2) is 5.48 Å². The second kappa shape index (κ2) is 9.82. The number of carbonyl (C=O) groups is 2. The number of nitrogens with one attached hydrogen (secondary N) is 1. The second-order valence-electron chi connectivity index (χ2n) is 9.13. The third kappa shape index (κ3) is 5.01. The van der Waals surface area contributed by atoms with Crippen LogP contribution in [0.4, 0.5) is 0 Å². The van der Waals surface area contributed by atoms with E-state index in [1.807, 2.05) is 30.6 Å². The van der Waals surface area contributed by atoms with Crippen molar-refractivity contribution in [3.05, 3.63) is 89.8 Å². The molecule has 1 amide bonds. The van der Waals surface area contributed by atoms with Crippen LogP contribution in [-0.4, -0.2) is 45.5 Å². The SMILES string of the molecule is O=C(/C=C/c1ccc2c(c1)C(=O)CC1(CCN(Cc3cnccc3-c3ccccc3)CC1)O2)NO. The molecule has 2 aliphatic heterocycles. The molecular formula is C28H27N3O4. The fourth-order valence-electron chi connectivity index (χ4n) is 4.92. The molecule has 0 bridgehead atoms. The third-order valence-corrected chi connectivity index (χ3v) is 6.80. The molecule has 0 radical (unpaired) electrons. The molecule has 1 fully saturated rings. The molecule has 178 valence electrons. The Kier molecular flexibility index (Phi) is 6.44. The lowest BCUT2D eigenvalue weighted by Crippen LogP contribution is -2.50. The number of nitrogens with zero attached hydrogens (tertiary/aromatic N) is 2. The maximum absolute atomic E-state index is 13.0. The zero-order valence-corrected chi connectivity index (χ0v) is 19.3. The lowest BCUT2D eigenvalue weighted by molar-refractivity contribution is -0.124. The van der Waals surface area contributed by atoms with Crippen LogP contribution in [0.2, 0.25) is 0 Å². The number of piperidine rings is 1. The van der Waals surface area contributed by atoms with Gasteiger partial charge in [0.1, 0.15) is 11.4 Å². The molecule has 2 aromatic carbocycles. The molecule has 0 atom stereocenters. The first-order valence-electron chi connectivity index (χ1n) is 11.7. The summed E-state index contributed by atoms with van der Waals surface area (Å²) in [6, 6.07) is 17.7. The van der Waals surface area contributed by atoms with E-state index in [4.69, 9.17) is 9.94 Å². The van der Waals surface area contributed by atoms with Crippen LogP contribution in [-0.2, 0) is 11.3 Å². The molecule has 5 rings (SSSR count). The van der Waals surface area contributed by atoms with Crippen LogP contribution >= 0.6 is 0 Å². The number of amides is 1. The fraction of sp³-hybridized carbons (Fsp3) is 0.250. The molecule has 7 nitrogen and oxygen atoms in total. The smallest absolute Gasteiger partial charge is 0.267 e. The number of rotatable bonds is 5. The number of hydrogen-bond donors (Lipinski definition) is 2. The van der Waals surface area contributed by atoms with Gasteiger partial charge in [-0.1, -0.05) is 36.4 Å². The van der Waals surface area contributed by atoms with Crippen molar-refractivity contribution in [1.29, 1.82) is 0 Å². The summed E-state index contributed by atoms with van der Waals surface area (Å²) in [4.78, 5) is 31.0. The number of likely N-dealkylation sites (tertiary alicyclic amines) is 1. The van der Waals surface area contributed by atoms with Crippen molar-refractivity contribution >= 4 is 17.8 Å². The summed E-state index contributed by atoms with van der Waals surface area (Å²) in [6.07, 6.45) is 8.43. The third-order valence-electron chi connectivity index (χ3n) is 6.80. The van der Waals surface area contributed by atoms with Gasteiger partial charge in [0, 0.05) is 50.9 Å². The standard InChI is InChI=1S/C28H27N3O4/c32-25-17-28(35-26-8-6-20(16-24(25)26)7-9-27(33)30-34)11-14-31(15-12-28)19-22-18-29-13-10-23(22)21-4-2-1-3-5-21/h1-10,13,16,18,34H,11-12,14-15,17,19H2,(H,30,33)/b9-7+. The lowest BCUT2D eigenvalue weighted by Gasteiger charge is -2.44. The summed E-state index contributed by atoms with van der Waals surface area (Å²) < 4.78 is 6.42. The van der Waals surface area contributed by atoms with E-state index in [0.717, 1.165) is 32.5 Å². The number of hydrogen-bond acceptors (Lipinski definition) is 6. The average Bonchev–Trinajstić information content (AvgIpc) is 2.90. The maximum Gasteiger partial charge on any atom is 0.267 e. The number of fused-ring (bicyclic) bond motifs is 1. The normalized spacial score (nSPS) is 17.2. The molecule has 2 aliphatic rings.